The van der Waals surface area contributed by atoms with E-state index >= 15 is 0 Å². The zero-order valence-electron chi connectivity index (χ0n) is 9.31. The third kappa shape index (κ3) is 2.66. The molecule has 17 heavy (non-hydrogen) atoms. The zero-order chi connectivity index (χ0) is 12.3. The largest absolute Gasteiger partial charge is 0.456 e. The SMILES string of the molecule is Cc1cc(Oc2ccccc2Cl)ccc1C=O. The third-order valence-corrected chi connectivity index (χ3v) is 2.74. The van der Waals surface area contributed by atoms with Crippen LogP contribution in [0.2, 0.25) is 5.02 Å². The van der Waals surface area contributed by atoms with Crippen LogP contribution in [0.4, 0.5) is 0 Å². The Labute approximate surface area is 105 Å². The Hall–Kier alpha value is -1.80. The third-order valence-electron chi connectivity index (χ3n) is 2.43. The van der Waals surface area contributed by atoms with Crippen molar-refractivity contribution in [2.45, 2.75) is 6.92 Å². The van der Waals surface area contributed by atoms with Gasteiger partial charge in [0.2, 0.25) is 0 Å². The predicted octanol–water partition coefficient (Wildman–Crippen LogP) is 4.25. The van der Waals surface area contributed by atoms with Crippen molar-refractivity contribution in [1.82, 2.24) is 0 Å². The van der Waals surface area contributed by atoms with Gasteiger partial charge in [-0.05, 0) is 42.8 Å². The van der Waals surface area contributed by atoms with Crippen LogP contribution in [0.15, 0.2) is 42.5 Å². The van der Waals surface area contributed by atoms with Gasteiger partial charge in [0, 0.05) is 5.56 Å². The highest BCUT2D eigenvalue weighted by molar-refractivity contribution is 6.32. The summed E-state index contributed by atoms with van der Waals surface area (Å²) in [6, 6.07) is 12.6. The van der Waals surface area contributed by atoms with Gasteiger partial charge in [-0.1, -0.05) is 23.7 Å². The van der Waals surface area contributed by atoms with E-state index in [2.05, 4.69) is 0 Å². The van der Waals surface area contributed by atoms with Crippen molar-refractivity contribution < 1.29 is 9.53 Å². The van der Waals surface area contributed by atoms with Crippen molar-refractivity contribution in [2.75, 3.05) is 0 Å². The molecule has 2 nitrogen and oxygen atoms in total. The number of benzene rings is 2. The van der Waals surface area contributed by atoms with Gasteiger partial charge in [-0.25, -0.2) is 0 Å². The maximum atomic E-state index is 10.7. The number of rotatable bonds is 3. The van der Waals surface area contributed by atoms with E-state index < -0.39 is 0 Å². The lowest BCUT2D eigenvalue weighted by atomic mass is 10.1. The lowest BCUT2D eigenvalue weighted by molar-refractivity contribution is 0.112. The van der Waals surface area contributed by atoms with Crippen LogP contribution >= 0.6 is 11.6 Å². The number of carbonyl (C=O) groups is 1. The fourth-order valence-electron chi connectivity index (χ4n) is 1.50. The molecule has 0 bridgehead atoms. The monoisotopic (exact) mass is 246 g/mol. The molecule has 0 radical (unpaired) electrons. The number of ether oxygens (including phenoxy) is 1. The van der Waals surface area contributed by atoms with Gasteiger partial charge in [-0.3, -0.25) is 4.79 Å². The molecule has 0 saturated heterocycles. The van der Waals surface area contributed by atoms with Gasteiger partial charge >= 0.3 is 0 Å². The lowest BCUT2D eigenvalue weighted by Crippen LogP contribution is -1.89. The number of halogens is 1. The second-order valence-corrected chi connectivity index (χ2v) is 4.08. The molecule has 0 atom stereocenters. The Morgan fingerprint density at radius 1 is 1.18 bits per heavy atom. The van der Waals surface area contributed by atoms with E-state index in [1.807, 2.05) is 25.1 Å². The summed E-state index contributed by atoms with van der Waals surface area (Å²) in [4.78, 5) is 10.7. The molecule has 0 unspecified atom stereocenters. The van der Waals surface area contributed by atoms with Crippen molar-refractivity contribution in [1.29, 1.82) is 0 Å². The first-order valence-electron chi connectivity index (χ1n) is 5.19. The number of hydrogen-bond donors (Lipinski definition) is 0. The molecular formula is C14H11ClO2. The van der Waals surface area contributed by atoms with Gasteiger partial charge in [0.05, 0.1) is 5.02 Å². The van der Waals surface area contributed by atoms with Crippen LogP contribution in [0.5, 0.6) is 11.5 Å². The molecule has 0 amide bonds. The number of para-hydroxylation sites is 1. The van der Waals surface area contributed by atoms with E-state index in [1.54, 1.807) is 24.3 Å². The van der Waals surface area contributed by atoms with E-state index in [0.717, 1.165) is 11.8 Å². The Kier molecular flexibility index (Phi) is 3.45. The first-order chi connectivity index (χ1) is 8.20. The smallest absolute Gasteiger partial charge is 0.150 e. The van der Waals surface area contributed by atoms with E-state index in [9.17, 15) is 4.79 Å². The second kappa shape index (κ2) is 5.02. The molecular weight excluding hydrogens is 236 g/mol. The highest BCUT2D eigenvalue weighted by Crippen LogP contribution is 2.29. The number of hydrogen-bond acceptors (Lipinski definition) is 2. The number of aldehydes is 1. The minimum atomic E-state index is 0.560. The molecule has 0 fully saturated rings. The summed E-state index contributed by atoms with van der Waals surface area (Å²) >= 11 is 5.99. The first kappa shape index (κ1) is 11.7. The molecule has 3 heteroatoms. The second-order valence-electron chi connectivity index (χ2n) is 3.67. The molecule has 0 N–H and O–H groups in total. The molecule has 0 heterocycles. The van der Waals surface area contributed by atoms with Crippen LogP contribution in [0.1, 0.15) is 15.9 Å². The van der Waals surface area contributed by atoms with Crippen molar-refractivity contribution in [3.63, 3.8) is 0 Å². The molecule has 0 aliphatic rings. The van der Waals surface area contributed by atoms with Crippen LogP contribution in [0.3, 0.4) is 0 Å². The van der Waals surface area contributed by atoms with Gasteiger partial charge in [0.25, 0.3) is 0 Å². The standard InChI is InChI=1S/C14H11ClO2/c1-10-8-12(7-6-11(10)9-16)17-14-5-3-2-4-13(14)15/h2-9H,1H3. The van der Waals surface area contributed by atoms with E-state index in [-0.39, 0.29) is 0 Å². The average molecular weight is 247 g/mol. The van der Waals surface area contributed by atoms with Crippen LogP contribution in [0.25, 0.3) is 0 Å². The van der Waals surface area contributed by atoms with Gasteiger partial charge in [0.1, 0.15) is 17.8 Å². The van der Waals surface area contributed by atoms with Crippen molar-refractivity contribution in [3.05, 3.63) is 58.6 Å². The van der Waals surface area contributed by atoms with Crippen molar-refractivity contribution >= 4 is 17.9 Å². The van der Waals surface area contributed by atoms with Gasteiger partial charge in [0.15, 0.2) is 0 Å². The van der Waals surface area contributed by atoms with E-state index in [4.69, 9.17) is 16.3 Å². The van der Waals surface area contributed by atoms with Crippen LogP contribution in [-0.4, -0.2) is 6.29 Å². The fourth-order valence-corrected chi connectivity index (χ4v) is 1.67. The normalized spacial score (nSPS) is 10.0. The molecule has 2 rings (SSSR count). The minimum Gasteiger partial charge on any atom is -0.456 e. The number of carbonyl (C=O) groups excluding carboxylic acids is 1. The predicted molar refractivity (Wildman–Crippen MR) is 68.1 cm³/mol. The summed E-state index contributed by atoms with van der Waals surface area (Å²) in [5, 5.41) is 0.560. The quantitative estimate of drug-likeness (QED) is 0.757. The summed E-state index contributed by atoms with van der Waals surface area (Å²) in [6.07, 6.45) is 0.828. The van der Waals surface area contributed by atoms with Gasteiger partial charge in [-0.2, -0.15) is 0 Å². The van der Waals surface area contributed by atoms with Gasteiger partial charge in [-0.15, -0.1) is 0 Å². The molecule has 2 aromatic carbocycles. The molecule has 2 aromatic rings. The molecule has 0 aromatic heterocycles. The Morgan fingerprint density at radius 3 is 2.59 bits per heavy atom. The summed E-state index contributed by atoms with van der Waals surface area (Å²) in [5.41, 5.74) is 1.54. The van der Waals surface area contributed by atoms with Crippen molar-refractivity contribution in [3.8, 4) is 11.5 Å². The topological polar surface area (TPSA) is 26.3 Å². The lowest BCUT2D eigenvalue weighted by Gasteiger charge is -2.08. The Bertz CT molecular complexity index is 550. The van der Waals surface area contributed by atoms with E-state index in [0.29, 0.717) is 22.1 Å². The zero-order valence-corrected chi connectivity index (χ0v) is 10.1. The molecule has 0 aliphatic carbocycles. The van der Waals surface area contributed by atoms with Crippen LogP contribution in [0, 0.1) is 6.92 Å². The molecule has 0 saturated carbocycles. The summed E-state index contributed by atoms with van der Waals surface area (Å²) in [6.45, 7) is 1.86. The molecule has 86 valence electrons. The highest BCUT2D eigenvalue weighted by atomic mass is 35.5. The average Bonchev–Trinajstić information content (AvgIpc) is 2.32. The highest BCUT2D eigenvalue weighted by Gasteiger charge is 2.03. The summed E-state index contributed by atoms with van der Waals surface area (Å²) in [7, 11) is 0. The molecule has 0 aliphatic heterocycles. The van der Waals surface area contributed by atoms with Crippen molar-refractivity contribution in [2.24, 2.45) is 0 Å². The maximum Gasteiger partial charge on any atom is 0.150 e. The first-order valence-corrected chi connectivity index (χ1v) is 5.56. The summed E-state index contributed by atoms with van der Waals surface area (Å²) in [5.74, 6) is 1.27. The maximum absolute atomic E-state index is 10.7. The summed E-state index contributed by atoms with van der Waals surface area (Å²) < 4.78 is 5.64. The van der Waals surface area contributed by atoms with Gasteiger partial charge < -0.3 is 4.74 Å². The number of aryl methyl sites for hydroxylation is 1. The fraction of sp³-hybridized carbons (Fsp3) is 0.0714. The molecule has 0 spiro atoms. The Morgan fingerprint density at radius 2 is 1.94 bits per heavy atom. The van der Waals surface area contributed by atoms with E-state index in [1.165, 1.54) is 0 Å². The van der Waals surface area contributed by atoms with Crippen LogP contribution < -0.4 is 4.74 Å². The Balaban J connectivity index is 2.28. The van der Waals surface area contributed by atoms with Crippen LogP contribution in [-0.2, 0) is 0 Å². The minimum absolute atomic E-state index is 0.560.